The van der Waals surface area contributed by atoms with Crippen molar-refractivity contribution in [2.45, 2.75) is 25.5 Å². The van der Waals surface area contributed by atoms with Gasteiger partial charge in [-0.25, -0.2) is 4.79 Å². The summed E-state index contributed by atoms with van der Waals surface area (Å²) in [5.74, 6) is 0. The van der Waals surface area contributed by atoms with E-state index in [1.54, 1.807) is 11.9 Å². The van der Waals surface area contributed by atoms with Gasteiger partial charge in [0, 0.05) is 31.8 Å². The fraction of sp³-hybridized carbons (Fsp3) is 0.500. The number of carbonyl (C=O) groups is 1. The average Bonchev–Trinajstić information content (AvgIpc) is 2.91. The molecule has 1 aromatic carbocycles. The van der Waals surface area contributed by atoms with Crippen LogP contribution in [0.5, 0.6) is 0 Å². The van der Waals surface area contributed by atoms with Gasteiger partial charge in [0.15, 0.2) is 0 Å². The number of nitrogens with one attached hydrogen (secondary N) is 1. The first-order valence-electron chi connectivity index (χ1n) is 6.50. The number of hydrogen-bond acceptors (Lipinski definition) is 2. The molecule has 4 nitrogen and oxygen atoms in total. The molecular weight excluding hydrogens is 264 g/mol. The average molecular weight is 283 g/mol. The molecule has 0 aliphatic carbocycles. The second-order valence-corrected chi connectivity index (χ2v) is 5.24. The van der Waals surface area contributed by atoms with E-state index < -0.39 is 0 Å². The molecule has 1 atom stereocenters. The van der Waals surface area contributed by atoms with Gasteiger partial charge >= 0.3 is 6.03 Å². The molecule has 0 bridgehead atoms. The number of rotatable bonds is 4. The monoisotopic (exact) mass is 282 g/mol. The summed E-state index contributed by atoms with van der Waals surface area (Å²) in [6.07, 6.45) is 2.29. The molecule has 1 aliphatic heterocycles. The topological polar surface area (TPSA) is 41.6 Å². The quantitative estimate of drug-likeness (QED) is 0.922. The van der Waals surface area contributed by atoms with Crippen LogP contribution in [0.2, 0.25) is 5.02 Å². The first-order valence-corrected chi connectivity index (χ1v) is 6.88. The summed E-state index contributed by atoms with van der Waals surface area (Å²) in [5.41, 5.74) is 1.05. The maximum Gasteiger partial charge on any atom is 0.317 e. The van der Waals surface area contributed by atoms with Crippen LogP contribution < -0.4 is 5.32 Å². The molecule has 0 spiro atoms. The van der Waals surface area contributed by atoms with Gasteiger partial charge in [0.1, 0.15) is 0 Å². The maximum atomic E-state index is 11.9. The number of urea groups is 1. The molecule has 2 rings (SSSR count). The van der Waals surface area contributed by atoms with Crippen LogP contribution in [-0.4, -0.2) is 37.2 Å². The number of ether oxygens (including phenoxy) is 1. The van der Waals surface area contributed by atoms with Crippen molar-refractivity contribution in [3.05, 3.63) is 34.9 Å². The summed E-state index contributed by atoms with van der Waals surface area (Å²) < 4.78 is 5.47. The molecule has 1 aromatic rings. The number of amides is 2. The lowest BCUT2D eigenvalue weighted by Gasteiger charge is -2.19. The van der Waals surface area contributed by atoms with Crippen LogP contribution in [0.15, 0.2) is 24.3 Å². The van der Waals surface area contributed by atoms with Crippen LogP contribution in [-0.2, 0) is 11.3 Å². The zero-order valence-electron chi connectivity index (χ0n) is 11.1. The van der Waals surface area contributed by atoms with Crippen molar-refractivity contribution in [1.82, 2.24) is 10.2 Å². The minimum absolute atomic E-state index is 0.0783. The van der Waals surface area contributed by atoms with Gasteiger partial charge in [0.25, 0.3) is 0 Å². The summed E-state index contributed by atoms with van der Waals surface area (Å²) in [5, 5.41) is 3.59. The molecule has 1 heterocycles. The summed E-state index contributed by atoms with van der Waals surface area (Å²) in [6, 6.07) is 7.42. The van der Waals surface area contributed by atoms with E-state index in [1.807, 2.05) is 24.3 Å². The Labute approximate surface area is 118 Å². The largest absolute Gasteiger partial charge is 0.376 e. The second kappa shape index (κ2) is 6.78. The molecule has 0 aromatic heterocycles. The van der Waals surface area contributed by atoms with Crippen molar-refractivity contribution in [3.63, 3.8) is 0 Å². The fourth-order valence-electron chi connectivity index (χ4n) is 2.08. The molecule has 1 N–H and O–H groups in total. The van der Waals surface area contributed by atoms with E-state index in [0.29, 0.717) is 18.1 Å². The highest BCUT2D eigenvalue weighted by molar-refractivity contribution is 6.30. The Balaban J connectivity index is 1.76. The predicted molar refractivity (Wildman–Crippen MR) is 75.3 cm³/mol. The number of carbonyl (C=O) groups excluding carboxylic acids is 1. The molecule has 1 saturated heterocycles. The van der Waals surface area contributed by atoms with Gasteiger partial charge in [-0.1, -0.05) is 23.7 Å². The molecule has 5 heteroatoms. The van der Waals surface area contributed by atoms with Gasteiger partial charge < -0.3 is 15.0 Å². The van der Waals surface area contributed by atoms with Crippen LogP contribution in [0.3, 0.4) is 0 Å². The van der Waals surface area contributed by atoms with Gasteiger partial charge in [0.05, 0.1) is 6.10 Å². The minimum atomic E-state index is -0.0783. The molecule has 19 heavy (non-hydrogen) atoms. The third-order valence-corrected chi connectivity index (χ3v) is 3.44. The Morgan fingerprint density at radius 1 is 1.47 bits per heavy atom. The van der Waals surface area contributed by atoms with Gasteiger partial charge in [-0.2, -0.15) is 0 Å². The Hall–Kier alpha value is -1.26. The number of hydrogen-bond donors (Lipinski definition) is 1. The van der Waals surface area contributed by atoms with Gasteiger partial charge in [-0.15, -0.1) is 0 Å². The van der Waals surface area contributed by atoms with E-state index >= 15 is 0 Å². The normalized spacial score (nSPS) is 18.3. The van der Waals surface area contributed by atoms with E-state index in [2.05, 4.69) is 5.32 Å². The third-order valence-electron chi connectivity index (χ3n) is 3.18. The lowest BCUT2D eigenvalue weighted by molar-refractivity contribution is 0.109. The number of halogens is 1. The third kappa shape index (κ3) is 4.40. The van der Waals surface area contributed by atoms with Gasteiger partial charge in [-0.3, -0.25) is 0 Å². The van der Waals surface area contributed by atoms with Crippen LogP contribution >= 0.6 is 11.6 Å². The molecule has 0 saturated carbocycles. The molecular formula is C14H19ClN2O2. The van der Waals surface area contributed by atoms with Crippen LogP contribution in [0, 0.1) is 0 Å². The summed E-state index contributed by atoms with van der Waals surface area (Å²) in [4.78, 5) is 13.6. The Bertz CT molecular complexity index is 416. The Morgan fingerprint density at radius 3 is 2.84 bits per heavy atom. The van der Waals surface area contributed by atoms with Gasteiger partial charge in [0.2, 0.25) is 0 Å². The molecule has 1 unspecified atom stereocenters. The van der Waals surface area contributed by atoms with E-state index in [9.17, 15) is 4.79 Å². The highest BCUT2D eigenvalue weighted by atomic mass is 35.5. The minimum Gasteiger partial charge on any atom is -0.376 e. The van der Waals surface area contributed by atoms with Crippen molar-refractivity contribution >= 4 is 17.6 Å². The highest BCUT2D eigenvalue weighted by Crippen LogP contribution is 2.12. The highest BCUT2D eigenvalue weighted by Gasteiger charge is 2.17. The fourth-order valence-corrected chi connectivity index (χ4v) is 2.20. The SMILES string of the molecule is CN(Cc1ccc(Cl)cc1)C(=O)NCC1CCCO1. The van der Waals surface area contributed by atoms with E-state index in [0.717, 1.165) is 25.0 Å². The Kier molecular flexibility index (Phi) is 5.05. The molecule has 1 fully saturated rings. The summed E-state index contributed by atoms with van der Waals surface area (Å²) >= 11 is 5.83. The summed E-state index contributed by atoms with van der Waals surface area (Å²) in [6.45, 7) is 1.96. The van der Waals surface area contributed by atoms with E-state index in [4.69, 9.17) is 16.3 Å². The molecule has 1 aliphatic rings. The zero-order chi connectivity index (χ0) is 13.7. The van der Waals surface area contributed by atoms with Crippen molar-refractivity contribution in [2.75, 3.05) is 20.2 Å². The zero-order valence-corrected chi connectivity index (χ0v) is 11.8. The lowest BCUT2D eigenvalue weighted by atomic mass is 10.2. The van der Waals surface area contributed by atoms with Crippen molar-refractivity contribution in [3.8, 4) is 0 Å². The Morgan fingerprint density at radius 2 is 2.21 bits per heavy atom. The predicted octanol–water partition coefficient (Wildman–Crippen LogP) is 2.66. The van der Waals surface area contributed by atoms with Crippen LogP contribution in [0.1, 0.15) is 18.4 Å². The number of nitrogens with zero attached hydrogens (tertiary/aromatic N) is 1. The van der Waals surface area contributed by atoms with Crippen molar-refractivity contribution < 1.29 is 9.53 Å². The summed E-state index contributed by atoms with van der Waals surface area (Å²) in [7, 11) is 1.78. The second-order valence-electron chi connectivity index (χ2n) is 4.80. The lowest BCUT2D eigenvalue weighted by Crippen LogP contribution is -2.40. The molecule has 2 amide bonds. The molecule has 104 valence electrons. The van der Waals surface area contributed by atoms with Crippen molar-refractivity contribution in [1.29, 1.82) is 0 Å². The molecule has 0 radical (unpaired) electrons. The standard InChI is InChI=1S/C14H19ClN2O2/c1-17(10-11-4-6-12(15)7-5-11)14(18)16-9-13-3-2-8-19-13/h4-7,13H,2-3,8-10H2,1H3,(H,16,18). The first kappa shape index (κ1) is 14.2. The van der Waals surface area contributed by atoms with Crippen molar-refractivity contribution in [2.24, 2.45) is 0 Å². The smallest absolute Gasteiger partial charge is 0.317 e. The maximum absolute atomic E-state index is 11.9. The van der Waals surface area contributed by atoms with E-state index in [-0.39, 0.29) is 12.1 Å². The van der Waals surface area contributed by atoms with Gasteiger partial charge in [-0.05, 0) is 30.5 Å². The van der Waals surface area contributed by atoms with Crippen LogP contribution in [0.25, 0.3) is 0 Å². The first-order chi connectivity index (χ1) is 9.15. The van der Waals surface area contributed by atoms with E-state index in [1.165, 1.54) is 0 Å². The van der Waals surface area contributed by atoms with Crippen LogP contribution in [0.4, 0.5) is 4.79 Å². The number of benzene rings is 1.